The van der Waals surface area contributed by atoms with Crippen LogP contribution in [0.3, 0.4) is 0 Å². The van der Waals surface area contributed by atoms with E-state index in [1.165, 1.54) is 0 Å². The minimum Gasteiger partial charge on any atom is -0.380 e. The van der Waals surface area contributed by atoms with E-state index < -0.39 is 0 Å². The van der Waals surface area contributed by atoms with Crippen molar-refractivity contribution < 1.29 is 9.47 Å². The third kappa shape index (κ3) is 4.44. The lowest BCUT2D eigenvalue weighted by atomic mass is 9.78. The summed E-state index contributed by atoms with van der Waals surface area (Å²) in [4.78, 5) is 0. The molecule has 3 nitrogen and oxygen atoms in total. The summed E-state index contributed by atoms with van der Waals surface area (Å²) in [6.07, 6.45) is 4.76. The average Bonchev–Trinajstić information content (AvgIpc) is 2.56. The largest absolute Gasteiger partial charge is 0.380 e. The Balaban J connectivity index is 2.91. The van der Waals surface area contributed by atoms with E-state index in [0.29, 0.717) is 12.0 Å². The Kier molecular flexibility index (Phi) is 6.49. The molecule has 1 N–H and O–H groups in total. The molecular formula is C17H35NO2. The highest BCUT2D eigenvalue weighted by atomic mass is 16.5. The van der Waals surface area contributed by atoms with Gasteiger partial charge in [0.25, 0.3) is 0 Å². The van der Waals surface area contributed by atoms with Crippen molar-refractivity contribution in [1.29, 1.82) is 0 Å². The molecule has 3 unspecified atom stereocenters. The Morgan fingerprint density at radius 1 is 1.20 bits per heavy atom. The molecule has 120 valence electrons. The topological polar surface area (TPSA) is 30.5 Å². The maximum atomic E-state index is 6.29. The van der Waals surface area contributed by atoms with Gasteiger partial charge in [-0.1, -0.05) is 20.3 Å². The number of ether oxygens (including phenoxy) is 2. The van der Waals surface area contributed by atoms with Gasteiger partial charge in [0.1, 0.15) is 0 Å². The number of hydrogen-bond donors (Lipinski definition) is 1. The van der Waals surface area contributed by atoms with Gasteiger partial charge in [-0.2, -0.15) is 0 Å². The Bertz CT molecular complexity index is 289. The van der Waals surface area contributed by atoms with Crippen LogP contribution in [0, 0.1) is 5.92 Å². The molecule has 1 fully saturated rings. The van der Waals surface area contributed by atoms with E-state index in [-0.39, 0.29) is 17.3 Å². The van der Waals surface area contributed by atoms with Gasteiger partial charge in [0, 0.05) is 19.1 Å². The minimum absolute atomic E-state index is 0.0369. The van der Waals surface area contributed by atoms with Gasteiger partial charge in [0.15, 0.2) is 0 Å². The van der Waals surface area contributed by atoms with E-state index in [0.717, 1.165) is 32.2 Å². The molecule has 0 spiro atoms. The Morgan fingerprint density at radius 3 is 2.25 bits per heavy atom. The molecule has 0 aliphatic carbocycles. The van der Waals surface area contributed by atoms with E-state index in [1.54, 1.807) is 0 Å². The van der Waals surface area contributed by atoms with Crippen LogP contribution in [-0.4, -0.2) is 37.0 Å². The highest BCUT2D eigenvalue weighted by Crippen LogP contribution is 2.44. The Morgan fingerprint density at radius 2 is 1.85 bits per heavy atom. The molecule has 0 radical (unpaired) electrons. The van der Waals surface area contributed by atoms with E-state index in [1.807, 2.05) is 7.11 Å². The fraction of sp³-hybridized carbons (Fsp3) is 1.00. The first kappa shape index (κ1) is 17.9. The molecule has 3 heteroatoms. The number of nitrogens with one attached hydrogen (secondary N) is 1. The van der Waals surface area contributed by atoms with E-state index in [2.05, 4.69) is 46.9 Å². The molecule has 1 saturated heterocycles. The van der Waals surface area contributed by atoms with Gasteiger partial charge in [-0.25, -0.2) is 0 Å². The fourth-order valence-corrected chi connectivity index (χ4v) is 3.74. The summed E-state index contributed by atoms with van der Waals surface area (Å²) in [6, 6.07) is 0.372. The molecule has 1 heterocycles. The van der Waals surface area contributed by atoms with Gasteiger partial charge in [-0.05, 0) is 53.5 Å². The van der Waals surface area contributed by atoms with Crippen molar-refractivity contribution in [2.24, 2.45) is 5.92 Å². The molecule has 0 aromatic heterocycles. The first-order valence-corrected chi connectivity index (χ1v) is 8.23. The van der Waals surface area contributed by atoms with Gasteiger partial charge in [0.05, 0.1) is 17.3 Å². The summed E-state index contributed by atoms with van der Waals surface area (Å²) >= 11 is 0. The van der Waals surface area contributed by atoms with E-state index in [4.69, 9.17) is 9.47 Å². The van der Waals surface area contributed by atoms with Crippen LogP contribution >= 0.6 is 0 Å². The molecule has 0 bridgehead atoms. The van der Waals surface area contributed by atoms with E-state index >= 15 is 0 Å². The van der Waals surface area contributed by atoms with Crippen molar-refractivity contribution in [2.45, 2.75) is 90.6 Å². The van der Waals surface area contributed by atoms with Crippen molar-refractivity contribution in [3.8, 4) is 0 Å². The van der Waals surface area contributed by atoms with Gasteiger partial charge >= 0.3 is 0 Å². The number of hydrogen-bond acceptors (Lipinski definition) is 3. The number of rotatable bonds is 8. The quantitative estimate of drug-likeness (QED) is 0.736. The minimum atomic E-state index is -0.0978. The van der Waals surface area contributed by atoms with Crippen molar-refractivity contribution in [2.75, 3.05) is 13.7 Å². The predicted octanol–water partition coefficient (Wildman–Crippen LogP) is 3.76. The highest BCUT2D eigenvalue weighted by molar-refractivity contribution is 5.01. The van der Waals surface area contributed by atoms with Crippen LogP contribution in [0.1, 0.15) is 67.2 Å². The maximum absolute atomic E-state index is 6.29. The Hall–Kier alpha value is -0.120. The van der Waals surface area contributed by atoms with Gasteiger partial charge in [-0.3, -0.25) is 0 Å². The zero-order chi connectivity index (χ0) is 15.4. The summed E-state index contributed by atoms with van der Waals surface area (Å²) in [5.41, 5.74) is -0.135. The predicted molar refractivity (Wildman–Crippen MR) is 85.1 cm³/mol. The molecule has 1 aliphatic rings. The van der Waals surface area contributed by atoms with Crippen molar-refractivity contribution in [3.05, 3.63) is 0 Å². The SMILES string of the molecule is CCCNC(C(CCC)OC)C1CC(C)(C)OC1(C)C. The van der Waals surface area contributed by atoms with Crippen molar-refractivity contribution in [1.82, 2.24) is 5.32 Å². The highest BCUT2D eigenvalue weighted by Gasteiger charge is 2.50. The van der Waals surface area contributed by atoms with Crippen molar-refractivity contribution >= 4 is 0 Å². The molecule has 1 aliphatic heterocycles. The average molecular weight is 285 g/mol. The van der Waals surface area contributed by atoms with Crippen LogP contribution in [-0.2, 0) is 9.47 Å². The second-order valence-electron chi connectivity index (χ2n) is 7.32. The normalized spacial score (nSPS) is 27.4. The molecule has 0 saturated carbocycles. The van der Waals surface area contributed by atoms with E-state index in [9.17, 15) is 0 Å². The van der Waals surface area contributed by atoms with Crippen LogP contribution in [0.2, 0.25) is 0 Å². The lowest BCUT2D eigenvalue weighted by Crippen LogP contribution is -2.51. The lowest BCUT2D eigenvalue weighted by Gasteiger charge is -2.37. The molecule has 0 aromatic carbocycles. The van der Waals surface area contributed by atoms with Crippen molar-refractivity contribution in [3.63, 3.8) is 0 Å². The maximum Gasteiger partial charge on any atom is 0.0727 e. The second kappa shape index (κ2) is 7.24. The fourth-order valence-electron chi connectivity index (χ4n) is 3.74. The van der Waals surface area contributed by atoms with Crippen LogP contribution in [0.5, 0.6) is 0 Å². The van der Waals surface area contributed by atoms with Crippen LogP contribution < -0.4 is 5.32 Å². The third-order valence-electron chi connectivity index (χ3n) is 4.48. The standard InChI is InChI=1S/C17H35NO2/c1-8-10-14(19-7)15(18-11-9-2)13-12-16(3,4)20-17(13,5)6/h13-15,18H,8-12H2,1-7H3. The van der Waals surface area contributed by atoms with Crippen LogP contribution in [0.4, 0.5) is 0 Å². The van der Waals surface area contributed by atoms with Gasteiger partial charge in [-0.15, -0.1) is 0 Å². The summed E-state index contributed by atoms with van der Waals surface area (Å²) in [7, 11) is 1.84. The van der Waals surface area contributed by atoms with Gasteiger partial charge in [0.2, 0.25) is 0 Å². The van der Waals surface area contributed by atoms with Crippen LogP contribution in [0.15, 0.2) is 0 Å². The summed E-state index contributed by atoms with van der Waals surface area (Å²) in [5.74, 6) is 0.487. The molecule has 20 heavy (non-hydrogen) atoms. The molecular weight excluding hydrogens is 250 g/mol. The molecule has 0 aromatic rings. The summed E-state index contributed by atoms with van der Waals surface area (Å²) in [5, 5.41) is 3.74. The third-order valence-corrected chi connectivity index (χ3v) is 4.48. The molecule has 0 amide bonds. The first-order valence-electron chi connectivity index (χ1n) is 8.23. The Labute approximate surface area is 125 Å². The second-order valence-corrected chi connectivity index (χ2v) is 7.32. The monoisotopic (exact) mass is 285 g/mol. The molecule has 1 rings (SSSR count). The zero-order valence-electron chi connectivity index (χ0n) is 14.6. The summed E-state index contributed by atoms with van der Waals surface area (Å²) in [6.45, 7) is 14.3. The summed E-state index contributed by atoms with van der Waals surface area (Å²) < 4.78 is 12.1. The van der Waals surface area contributed by atoms with Gasteiger partial charge < -0.3 is 14.8 Å². The molecule has 3 atom stereocenters. The smallest absolute Gasteiger partial charge is 0.0727 e. The lowest BCUT2D eigenvalue weighted by molar-refractivity contribution is -0.0846. The van der Waals surface area contributed by atoms with Crippen LogP contribution in [0.25, 0.3) is 0 Å². The first-order chi connectivity index (χ1) is 9.27. The number of methoxy groups -OCH3 is 1. The zero-order valence-corrected chi connectivity index (χ0v) is 14.6.